The summed E-state index contributed by atoms with van der Waals surface area (Å²) in [7, 11) is 0. The third-order valence-corrected chi connectivity index (χ3v) is 3.76. The Labute approximate surface area is 78.8 Å². The van der Waals surface area contributed by atoms with Crippen LogP contribution in [0.3, 0.4) is 0 Å². The van der Waals surface area contributed by atoms with Crippen molar-refractivity contribution < 1.29 is 0 Å². The van der Waals surface area contributed by atoms with Crippen molar-refractivity contribution in [3.63, 3.8) is 0 Å². The Morgan fingerprint density at radius 2 is 1.42 bits per heavy atom. The molecule has 0 aliphatic rings. The molecule has 0 aliphatic carbocycles. The molecule has 0 fully saturated rings. The van der Waals surface area contributed by atoms with Gasteiger partial charge in [-0.05, 0) is 23.2 Å². The average molecular weight is 170 g/mol. The van der Waals surface area contributed by atoms with Crippen LogP contribution in [0.1, 0.15) is 61.3 Å². The Morgan fingerprint density at radius 1 is 1.00 bits per heavy atom. The molecule has 0 aromatic rings. The molecule has 74 valence electrons. The summed E-state index contributed by atoms with van der Waals surface area (Å²) in [5, 5.41) is 0. The number of rotatable bonds is 3. The van der Waals surface area contributed by atoms with Crippen molar-refractivity contribution in [2.24, 2.45) is 16.7 Å². The summed E-state index contributed by atoms with van der Waals surface area (Å²) >= 11 is 0. The van der Waals surface area contributed by atoms with Gasteiger partial charge in [0, 0.05) is 0 Å². The molecule has 0 aromatic heterocycles. The largest absolute Gasteiger partial charge is 0.0654 e. The SMILES string of the molecule is CCCC(C)(C(C)C)C(C)(C)C. The van der Waals surface area contributed by atoms with E-state index >= 15 is 0 Å². The Morgan fingerprint density at radius 3 is 1.50 bits per heavy atom. The molecule has 1 unspecified atom stereocenters. The Balaban J connectivity index is 4.62. The minimum Gasteiger partial charge on any atom is -0.0654 e. The van der Waals surface area contributed by atoms with Crippen LogP contribution in [0.15, 0.2) is 0 Å². The topological polar surface area (TPSA) is 0 Å². The molecule has 0 rings (SSSR count). The van der Waals surface area contributed by atoms with Crippen LogP contribution < -0.4 is 0 Å². The second-order valence-electron chi connectivity index (χ2n) is 5.57. The smallest absolute Gasteiger partial charge is 0.0254 e. The van der Waals surface area contributed by atoms with Gasteiger partial charge in [-0.3, -0.25) is 0 Å². The van der Waals surface area contributed by atoms with E-state index < -0.39 is 0 Å². The van der Waals surface area contributed by atoms with Gasteiger partial charge in [0.15, 0.2) is 0 Å². The third-order valence-electron chi connectivity index (χ3n) is 3.76. The minimum atomic E-state index is 0.428. The summed E-state index contributed by atoms with van der Waals surface area (Å²) in [6.07, 6.45) is 2.64. The first-order valence-electron chi connectivity index (χ1n) is 5.25. The van der Waals surface area contributed by atoms with Crippen molar-refractivity contribution in [1.82, 2.24) is 0 Å². The standard InChI is InChI=1S/C12H26/c1-8-9-12(7,10(2)3)11(4,5)6/h10H,8-9H2,1-7H3. The molecule has 0 spiro atoms. The second kappa shape index (κ2) is 3.81. The third kappa shape index (κ3) is 2.24. The average Bonchev–Trinajstić information content (AvgIpc) is 1.85. The molecule has 0 N–H and O–H groups in total. The minimum absolute atomic E-state index is 0.428. The van der Waals surface area contributed by atoms with Crippen molar-refractivity contribution in [3.8, 4) is 0 Å². The van der Waals surface area contributed by atoms with Crippen molar-refractivity contribution in [3.05, 3.63) is 0 Å². The molecular formula is C12H26. The first kappa shape index (κ1) is 12.0. The Kier molecular flexibility index (Phi) is 3.81. The van der Waals surface area contributed by atoms with E-state index in [2.05, 4.69) is 48.5 Å². The molecule has 0 heteroatoms. The van der Waals surface area contributed by atoms with Crippen LogP contribution in [0.2, 0.25) is 0 Å². The number of hydrogen-bond donors (Lipinski definition) is 0. The molecular weight excluding hydrogens is 144 g/mol. The molecule has 12 heavy (non-hydrogen) atoms. The van der Waals surface area contributed by atoms with E-state index in [4.69, 9.17) is 0 Å². The molecule has 0 saturated carbocycles. The van der Waals surface area contributed by atoms with Gasteiger partial charge in [-0.1, -0.05) is 54.9 Å². The molecule has 0 heterocycles. The summed E-state index contributed by atoms with van der Waals surface area (Å²) in [6.45, 7) is 16.5. The highest BCUT2D eigenvalue weighted by atomic mass is 14.4. The van der Waals surface area contributed by atoms with E-state index in [0.717, 1.165) is 5.92 Å². The van der Waals surface area contributed by atoms with Crippen molar-refractivity contribution in [1.29, 1.82) is 0 Å². The van der Waals surface area contributed by atoms with Gasteiger partial charge in [-0.25, -0.2) is 0 Å². The second-order valence-corrected chi connectivity index (χ2v) is 5.57. The number of hydrogen-bond acceptors (Lipinski definition) is 0. The van der Waals surface area contributed by atoms with Crippen LogP contribution in [0, 0.1) is 16.7 Å². The quantitative estimate of drug-likeness (QED) is 0.585. The highest BCUT2D eigenvalue weighted by Gasteiger charge is 2.38. The van der Waals surface area contributed by atoms with Gasteiger partial charge in [-0.15, -0.1) is 0 Å². The normalized spacial score (nSPS) is 18.0. The predicted molar refractivity (Wildman–Crippen MR) is 57.3 cm³/mol. The van der Waals surface area contributed by atoms with Gasteiger partial charge in [-0.2, -0.15) is 0 Å². The summed E-state index contributed by atoms with van der Waals surface area (Å²) in [5.74, 6) is 0.775. The van der Waals surface area contributed by atoms with Gasteiger partial charge in [0.25, 0.3) is 0 Å². The van der Waals surface area contributed by atoms with Crippen molar-refractivity contribution >= 4 is 0 Å². The zero-order chi connectivity index (χ0) is 9.99. The van der Waals surface area contributed by atoms with Gasteiger partial charge in [0.2, 0.25) is 0 Å². The molecule has 0 amide bonds. The lowest BCUT2D eigenvalue weighted by atomic mass is 9.60. The summed E-state index contributed by atoms with van der Waals surface area (Å²) in [5.41, 5.74) is 0.916. The molecule has 0 aliphatic heterocycles. The van der Waals surface area contributed by atoms with E-state index in [-0.39, 0.29) is 0 Å². The van der Waals surface area contributed by atoms with E-state index in [9.17, 15) is 0 Å². The van der Waals surface area contributed by atoms with Crippen LogP contribution in [-0.2, 0) is 0 Å². The molecule has 0 radical (unpaired) electrons. The summed E-state index contributed by atoms with van der Waals surface area (Å²) in [6, 6.07) is 0. The fourth-order valence-corrected chi connectivity index (χ4v) is 2.05. The Hall–Kier alpha value is 0. The van der Waals surface area contributed by atoms with Crippen molar-refractivity contribution in [2.45, 2.75) is 61.3 Å². The molecule has 0 saturated heterocycles. The predicted octanol–water partition coefficient (Wildman–Crippen LogP) is 4.49. The lowest BCUT2D eigenvalue weighted by Crippen LogP contribution is -2.37. The lowest BCUT2D eigenvalue weighted by molar-refractivity contribution is 0.0407. The van der Waals surface area contributed by atoms with E-state index in [1.54, 1.807) is 0 Å². The van der Waals surface area contributed by atoms with Crippen LogP contribution in [0.25, 0.3) is 0 Å². The van der Waals surface area contributed by atoms with Crippen LogP contribution in [-0.4, -0.2) is 0 Å². The maximum atomic E-state index is 2.43. The van der Waals surface area contributed by atoms with Crippen LogP contribution in [0.5, 0.6) is 0 Å². The molecule has 0 aromatic carbocycles. The first-order chi connectivity index (χ1) is 5.25. The van der Waals surface area contributed by atoms with Crippen LogP contribution in [0.4, 0.5) is 0 Å². The van der Waals surface area contributed by atoms with E-state index in [1.807, 2.05) is 0 Å². The molecule has 0 bridgehead atoms. The van der Waals surface area contributed by atoms with Gasteiger partial charge in [0.1, 0.15) is 0 Å². The summed E-state index contributed by atoms with van der Waals surface area (Å²) in [4.78, 5) is 0. The zero-order valence-corrected chi connectivity index (χ0v) is 9.99. The van der Waals surface area contributed by atoms with Gasteiger partial charge >= 0.3 is 0 Å². The van der Waals surface area contributed by atoms with Gasteiger partial charge in [0.05, 0.1) is 0 Å². The first-order valence-corrected chi connectivity index (χ1v) is 5.25. The maximum absolute atomic E-state index is 2.43. The highest BCUT2D eigenvalue weighted by molar-refractivity contribution is 4.88. The summed E-state index contributed by atoms with van der Waals surface area (Å²) < 4.78 is 0. The molecule has 1 atom stereocenters. The maximum Gasteiger partial charge on any atom is -0.0254 e. The van der Waals surface area contributed by atoms with Gasteiger partial charge < -0.3 is 0 Å². The fourth-order valence-electron chi connectivity index (χ4n) is 2.05. The van der Waals surface area contributed by atoms with Crippen molar-refractivity contribution in [2.75, 3.05) is 0 Å². The molecule has 0 nitrogen and oxygen atoms in total. The zero-order valence-electron chi connectivity index (χ0n) is 9.99. The fraction of sp³-hybridized carbons (Fsp3) is 1.00. The lowest BCUT2D eigenvalue weighted by Gasteiger charge is -2.45. The van der Waals surface area contributed by atoms with E-state index in [1.165, 1.54) is 12.8 Å². The van der Waals surface area contributed by atoms with Crippen LogP contribution >= 0.6 is 0 Å². The Bertz CT molecular complexity index is 127. The van der Waals surface area contributed by atoms with E-state index in [0.29, 0.717) is 10.8 Å². The highest BCUT2D eigenvalue weighted by Crippen LogP contribution is 2.47. The monoisotopic (exact) mass is 170 g/mol.